The molecule has 1 amide bonds. The minimum atomic E-state index is -1.05. The zero-order valence-corrected chi connectivity index (χ0v) is 14.1. The number of amides is 1. The minimum absolute atomic E-state index is 0.0173. The van der Waals surface area contributed by atoms with Crippen molar-refractivity contribution in [1.29, 1.82) is 0 Å². The highest BCUT2D eigenvalue weighted by molar-refractivity contribution is 5.76. The number of hydrogen-bond acceptors (Lipinski definition) is 5. The van der Waals surface area contributed by atoms with E-state index in [1.807, 2.05) is 6.07 Å². The van der Waals surface area contributed by atoms with E-state index in [-0.39, 0.29) is 35.8 Å². The summed E-state index contributed by atoms with van der Waals surface area (Å²) in [7, 11) is 0. The Bertz CT molecular complexity index is 1010. The van der Waals surface area contributed by atoms with Crippen LogP contribution in [0.25, 0.3) is 11.4 Å². The number of aromatic nitrogens is 4. The van der Waals surface area contributed by atoms with Gasteiger partial charge in [0.1, 0.15) is 5.69 Å². The molecular weight excluding hydrogens is 356 g/mol. The number of nitrogens with zero attached hydrogens (tertiary/aromatic N) is 3. The van der Waals surface area contributed by atoms with Crippen molar-refractivity contribution in [2.45, 2.75) is 19.4 Å². The number of nitrogens with one attached hydrogen (secondary N) is 2. The normalized spacial score (nSPS) is 10.6. The van der Waals surface area contributed by atoms with Crippen molar-refractivity contribution in [3.8, 4) is 11.4 Å². The van der Waals surface area contributed by atoms with E-state index in [4.69, 9.17) is 0 Å². The molecule has 138 valence electrons. The van der Waals surface area contributed by atoms with Crippen LogP contribution in [-0.2, 0) is 17.8 Å². The van der Waals surface area contributed by atoms with Gasteiger partial charge in [-0.25, -0.2) is 8.78 Å². The first-order valence-electron chi connectivity index (χ1n) is 8.10. The third kappa shape index (κ3) is 4.78. The summed E-state index contributed by atoms with van der Waals surface area (Å²) in [6.45, 7) is 0.337. The molecule has 0 fully saturated rings. The third-order valence-corrected chi connectivity index (χ3v) is 3.76. The molecule has 0 spiro atoms. The SMILES string of the molecule is O=C(CCc1nnc(-c2ccc(F)c(F)c2)[nH]c1=O)NCc1cccnc1. The molecule has 0 unspecified atom stereocenters. The fourth-order valence-electron chi connectivity index (χ4n) is 2.32. The first-order chi connectivity index (χ1) is 13.0. The van der Waals surface area contributed by atoms with Gasteiger partial charge in [0.15, 0.2) is 17.5 Å². The minimum Gasteiger partial charge on any atom is -0.352 e. The molecule has 7 nitrogen and oxygen atoms in total. The Morgan fingerprint density at radius 2 is 2.00 bits per heavy atom. The molecule has 1 aromatic carbocycles. The molecule has 0 aliphatic heterocycles. The Labute approximate surface area is 152 Å². The number of H-pyrrole nitrogens is 1. The maximum Gasteiger partial charge on any atom is 0.273 e. The molecule has 0 atom stereocenters. The van der Waals surface area contributed by atoms with Crippen LogP contribution < -0.4 is 10.9 Å². The summed E-state index contributed by atoms with van der Waals surface area (Å²) in [5, 5.41) is 10.3. The summed E-state index contributed by atoms with van der Waals surface area (Å²) in [5.41, 5.74) is 0.598. The summed E-state index contributed by atoms with van der Waals surface area (Å²) in [6, 6.07) is 6.74. The zero-order valence-electron chi connectivity index (χ0n) is 14.1. The Kier molecular flexibility index (Phi) is 5.60. The first kappa shape index (κ1) is 18.3. The molecule has 0 bridgehead atoms. The van der Waals surface area contributed by atoms with Crippen LogP contribution in [0.2, 0.25) is 0 Å². The monoisotopic (exact) mass is 371 g/mol. The molecule has 27 heavy (non-hydrogen) atoms. The molecule has 3 aromatic rings. The van der Waals surface area contributed by atoms with Crippen LogP contribution in [0.1, 0.15) is 17.7 Å². The summed E-state index contributed by atoms with van der Waals surface area (Å²) >= 11 is 0. The van der Waals surface area contributed by atoms with Crippen molar-refractivity contribution in [1.82, 2.24) is 25.5 Å². The van der Waals surface area contributed by atoms with Gasteiger partial charge in [0.05, 0.1) is 0 Å². The lowest BCUT2D eigenvalue weighted by molar-refractivity contribution is -0.121. The summed E-state index contributed by atoms with van der Waals surface area (Å²) in [5.74, 6) is -2.28. The Morgan fingerprint density at radius 1 is 1.15 bits per heavy atom. The molecule has 2 heterocycles. The smallest absolute Gasteiger partial charge is 0.273 e. The summed E-state index contributed by atoms with van der Waals surface area (Å²) in [4.78, 5) is 30.4. The van der Waals surface area contributed by atoms with Crippen LogP contribution in [0.5, 0.6) is 0 Å². The van der Waals surface area contributed by atoms with Crippen molar-refractivity contribution in [2.24, 2.45) is 0 Å². The van der Waals surface area contributed by atoms with Crippen LogP contribution in [0.15, 0.2) is 47.5 Å². The van der Waals surface area contributed by atoms with Gasteiger partial charge in [0, 0.05) is 37.3 Å². The average molecular weight is 371 g/mol. The second-order valence-corrected chi connectivity index (χ2v) is 5.72. The van der Waals surface area contributed by atoms with E-state index in [2.05, 4.69) is 25.5 Å². The molecule has 0 radical (unpaired) electrons. The van der Waals surface area contributed by atoms with Crippen molar-refractivity contribution >= 4 is 5.91 Å². The molecule has 2 aromatic heterocycles. The number of aryl methyl sites for hydroxylation is 1. The van der Waals surface area contributed by atoms with Crippen molar-refractivity contribution in [3.05, 3.63) is 76.0 Å². The predicted octanol–water partition coefficient (Wildman–Crippen LogP) is 1.75. The van der Waals surface area contributed by atoms with Gasteiger partial charge in [0.2, 0.25) is 5.91 Å². The molecule has 3 rings (SSSR count). The summed E-state index contributed by atoms with van der Waals surface area (Å²) < 4.78 is 26.3. The number of carbonyl (C=O) groups is 1. The molecule has 0 aliphatic rings. The first-order valence-corrected chi connectivity index (χ1v) is 8.10. The van der Waals surface area contributed by atoms with Gasteiger partial charge in [-0.3, -0.25) is 14.6 Å². The van der Waals surface area contributed by atoms with E-state index < -0.39 is 17.2 Å². The van der Waals surface area contributed by atoms with Crippen molar-refractivity contribution in [3.63, 3.8) is 0 Å². The fourth-order valence-corrected chi connectivity index (χ4v) is 2.32. The number of halogens is 2. The lowest BCUT2D eigenvalue weighted by Gasteiger charge is -2.05. The summed E-state index contributed by atoms with van der Waals surface area (Å²) in [6.07, 6.45) is 3.44. The standard InChI is InChI=1S/C18H15F2N5O2/c19-13-4-3-12(8-14(13)20)17-23-18(27)15(24-25-17)5-6-16(26)22-10-11-2-1-7-21-9-11/h1-4,7-9H,5-6,10H2,(H,22,26)(H,23,25,27). The van der Waals surface area contributed by atoms with Crippen LogP contribution in [0.4, 0.5) is 8.78 Å². The van der Waals surface area contributed by atoms with E-state index in [1.165, 1.54) is 6.07 Å². The molecule has 0 saturated heterocycles. The predicted molar refractivity (Wildman–Crippen MR) is 92.4 cm³/mol. The lowest BCUT2D eigenvalue weighted by Crippen LogP contribution is -2.25. The molecule has 9 heteroatoms. The van der Waals surface area contributed by atoms with Crippen LogP contribution in [0.3, 0.4) is 0 Å². The number of benzene rings is 1. The Balaban J connectivity index is 1.60. The van der Waals surface area contributed by atoms with Gasteiger partial charge in [-0.2, -0.15) is 0 Å². The number of hydrogen-bond donors (Lipinski definition) is 2. The highest BCUT2D eigenvalue weighted by atomic mass is 19.2. The maximum absolute atomic E-state index is 13.3. The van der Waals surface area contributed by atoms with Gasteiger partial charge in [-0.15, -0.1) is 10.2 Å². The Morgan fingerprint density at radius 3 is 2.70 bits per heavy atom. The second-order valence-electron chi connectivity index (χ2n) is 5.72. The van der Waals surface area contributed by atoms with Crippen LogP contribution in [0, 0.1) is 11.6 Å². The second kappa shape index (κ2) is 8.26. The number of aromatic amines is 1. The number of rotatable bonds is 6. The quantitative estimate of drug-likeness (QED) is 0.688. The van der Waals surface area contributed by atoms with E-state index in [9.17, 15) is 18.4 Å². The molecular formula is C18H15F2N5O2. The van der Waals surface area contributed by atoms with Crippen molar-refractivity contribution < 1.29 is 13.6 Å². The topological polar surface area (TPSA) is 101 Å². The fraction of sp³-hybridized carbons (Fsp3) is 0.167. The highest BCUT2D eigenvalue weighted by Gasteiger charge is 2.11. The third-order valence-electron chi connectivity index (χ3n) is 3.76. The van der Waals surface area contributed by atoms with Gasteiger partial charge < -0.3 is 10.3 Å². The number of carbonyl (C=O) groups excluding carboxylic acids is 1. The molecule has 0 saturated carbocycles. The Hall–Kier alpha value is -3.49. The molecule has 2 N–H and O–H groups in total. The van der Waals surface area contributed by atoms with E-state index in [0.29, 0.717) is 6.54 Å². The zero-order chi connectivity index (χ0) is 19.2. The van der Waals surface area contributed by atoms with E-state index in [1.54, 1.807) is 18.5 Å². The largest absolute Gasteiger partial charge is 0.352 e. The number of pyridine rings is 1. The average Bonchev–Trinajstić information content (AvgIpc) is 2.68. The maximum atomic E-state index is 13.3. The van der Waals surface area contributed by atoms with Gasteiger partial charge >= 0.3 is 0 Å². The highest BCUT2D eigenvalue weighted by Crippen LogP contribution is 2.16. The van der Waals surface area contributed by atoms with Crippen LogP contribution in [-0.4, -0.2) is 26.1 Å². The van der Waals surface area contributed by atoms with Crippen LogP contribution >= 0.6 is 0 Å². The lowest BCUT2D eigenvalue weighted by atomic mass is 10.2. The van der Waals surface area contributed by atoms with Gasteiger partial charge in [-0.05, 0) is 29.8 Å². The van der Waals surface area contributed by atoms with Gasteiger partial charge in [0.25, 0.3) is 5.56 Å². The van der Waals surface area contributed by atoms with E-state index in [0.717, 1.165) is 17.7 Å². The van der Waals surface area contributed by atoms with Gasteiger partial charge in [-0.1, -0.05) is 6.07 Å². The van der Waals surface area contributed by atoms with E-state index >= 15 is 0 Å². The van der Waals surface area contributed by atoms with Crippen molar-refractivity contribution in [2.75, 3.05) is 0 Å². The molecule has 0 aliphatic carbocycles.